The minimum atomic E-state index is -3.12. The molecule has 2 atom stereocenters. The summed E-state index contributed by atoms with van der Waals surface area (Å²) < 4.78 is 41.5. The lowest BCUT2D eigenvalue weighted by Gasteiger charge is -2.28. The second-order valence-corrected chi connectivity index (χ2v) is 5.08. The summed E-state index contributed by atoms with van der Waals surface area (Å²) in [6, 6.07) is 2.20. The average molecular weight is 318 g/mol. The number of carbonyl (C=O) groups is 1. The van der Waals surface area contributed by atoms with E-state index in [-0.39, 0.29) is 11.7 Å². The second kappa shape index (κ2) is 7.35. The smallest absolute Gasteiger partial charge is 0.387 e. The van der Waals surface area contributed by atoms with Crippen molar-refractivity contribution >= 4 is 11.7 Å². The molecule has 8 heteroatoms. The SMILES string of the molecule is O=C(Nc1ccc(OC(F)F)c(F)c1)NC1CCCCC1O. The van der Waals surface area contributed by atoms with E-state index in [0.717, 1.165) is 25.0 Å². The number of hydrogen-bond acceptors (Lipinski definition) is 3. The van der Waals surface area contributed by atoms with Crippen LogP contribution >= 0.6 is 0 Å². The molecular weight excluding hydrogens is 301 g/mol. The minimum absolute atomic E-state index is 0.0990. The van der Waals surface area contributed by atoms with Crippen LogP contribution < -0.4 is 15.4 Å². The monoisotopic (exact) mass is 318 g/mol. The molecule has 1 aliphatic carbocycles. The van der Waals surface area contributed by atoms with Crippen LogP contribution in [0, 0.1) is 5.82 Å². The summed E-state index contributed by atoms with van der Waals surface area (Å²) in [5.41, 5.74) is 0.0990. The third kappa shape index (κ3) is 4.52. The van der Waals surface area contributed by atoms with Crippen LogP contribution in [-0.2, 0) is 0 Å². The van der Waals surface area contributed by atoms with Crippen LogP contribution in [-0.4, -0.2) is 29.9 Å². The first kappa shape index (κ1) is 16.4. The zero-order chi connectivity index (χ0) is 16.1. The van der Waals surface area contributed by atoms with E-state index >= 15 is 0 Å². The molecule has 0 saturated heterocycles. The largest absolute Gasteiger partial charge is 0.432 e. The van der Waals surface area contributed by atoms with Gasteiger partial charge in [-0.25, -0.2) is 9.18 Å². The molecule has 122 valence electrons. The maximum atomic E-state index is 13.5. The van der Waals surface area contributed by atoms with Crippen LogP contribution in [0.25, 0.3) is 0 Å². The van der Waals surface area contributed by atoms with E-state index in [1.807, 2.05) is 0 Å². The predicted octanol–water partition coefficient (Wildman–Crippen LogP) is 2.85. The first-order valence-electron chi connectivity index (χ1n) is 6.95. The van der Waals surface area contributed by atoms with Crippen molar-refractivity contribution in [2.75, 3.05) is 5.32 Å². The van der Waals surface area contributed by atoms with Gasteiger partial charge >= 0.3 is 12.6 Å². The first-order chi connectivity index (χ1) is 10.5. The maximum Gasteiger partial charge on any atom is 0.387 e. The molecule has 0 radical (unpaired) electrons. The second-order valence-electron chi connectivity index (χ2n) is 5.08. The van der Waals surface area contributed by atoms with Gasteiger partial charge in [0.2, 0.25) is 0 Å². The molecule has 0 bridgehead atoms. The number of ether oxygens (including phenoxy) is 1. The summed E-state index contributed by atoms with van der Waals surface area (Å²) in [7, 11) is 0. The molecule has 0 spiro atoms. The number of urea groups is 1. The highest BCUT2D eigenvalue weighted by molar-refractivity contribution is 5.89. The molecule has 22 heavy (non-hydrogen) atoms. The fourth-order valence-electron chi connectivity index (χ4n) is 2.39. The number of carbonyl (C=O) groups excluding carboxylic acids is 1. The fraction of sp³-hybridized carbons (Fsp3) is 0.500. The molecule has 2 unspecified atom stereocenters. The lowest BCUT2D eigenvalue weighted by Crippen LogP contribution is -2.46. The number of hydrogen-bond donors (Lipinski definition) is 3. The van der Waals surface area contributed by atoms with Crippen molar-refractivity contribution in [2.45, 2.75) is 44.4 Å². The van der Waals surface area contributed by atoms with Crippen LogP contribution in [0.1, 0.15) is 25.7 Å². The van der Waals surface area contributed by atoms with Gasteiger partial charge < -0.3 is 20.5 Å². The Morgan fingerprint density at radius 2 is 2.05 bits per heavy atom. The Morgan fingerprint density at radius 3 is 2.68 bits per heavy atom. The Labute approximate surface area is 125 Å². The summed E-state index contributed by atoms with van der Waals surface area (Å²) in [5.74, 6) is -1.60. The Kier molecular flexibility index (Phi) is 5.48. The minimum Gasteiger partial charge on any atom is -0.432 e. The summed E-state index contributed by atoms with van der Waals surface area (Å²) >= 11 is 0. The van der Waals surface area contributed by atoms with E-state index in [1.54, 1.807) is 0 Å². The van der Waals surface area contributed by atoms with Crippen LogP contribution in [0.5, 0.6) is 5.75 Å². The lowest BCUT2D eigenvalue weighted by atomic mass is 9.93. The van der Waals surface area contributed by atoms with Crippen molar-refractivity contribution in [3.8, 4) is 5.75 Å². The van der Waals surface area contributed by atoms with Crippen molar-refractivity contribution in [3.05, 3.63) is 24.0 Å². The van der Waals surface area contributed by atoms with Crippen molar-refractivity contribution in [2.24, 2.45) is 0 Å². The third-order valence-electron chi connectivity index (χ3n) is 3.45. The Bertz CT molecular complexity index is 528. The van der Waals surface area contributed by atoms with Crippen LogP contribution in [0.15, 0.2) is 18.2 Å². The lowest BCUT2D eigenvalue weighted by molar-refractivity contribution is -0.0521. The van der Waals surface area contributed by atoms with E-state index in [9.17, 15) is 23.1 Å². The number of benzene rings is 1. The van der Waals surface area contributed by atoms with E-state index in [2.05, 4.69) is 15.4 Å². The Hall–Kier alpha value is -1.96. The van der Waals surface area contributed by atoms with E-state index in [4.69, 9.17) is 0 Å². The molecule has 1 fully saturated rings. The normalized spacial score (nSPS) is 21.5. The molecular formula is C14H17F3N2O3. The Morgan fingerprint density at radius 1 is 1.32 bits per heavy atom. The molecule has 1 aromatic carbocycles. The number of halogens is 3. The number of anilines is 1. The summed E-state index contributed by atoms with van der Waals surface area (Å²) in [4.78, 5) is 11.8. The predicted molar refractivity (Wildman–Crippen MR) is 73.4 cm³/mol. The van der Waals surface area contributed by atoms with Gasteiger partial charge in [-0.15, -0.1) is 0 Å². The molecule has 0 heterocycles. The molecule has 5 nitrogen and oxygen atoms in total. The highest BCUT2D eigenvalue weighted by Crippen LogP contribution is 2.23. The number of nitrogens with one attached hydrogen (secondary N) is 2. The number of aliphatic hydroxyl groups excluding tert-OH is 1. The van der Waals surface area contributed by atoms with Gasteiger partial charge in [0.1, 0.15) is 0 Å². The van der Waals surface area contributed by atoms with E-state index in [1.165, 1.54) is 6.07 Å². The summed E-state index contributed by atoms with van der Waals surface area (Å²) in [6.07, 6.45) is 2.52. The summed E-state index contributed by atoms with van der Waals surface area (Å²) in [6.45, 7) is -3.12. The standard InChI is InChI=1S/C14H17F3N2O3/c15-9-7-8(5-6-12(9)22-13(16)17)18-14(21)19-10-3-1-2-4-11(10)20/h5-7,10-11,13,20H,1-4H2,(H2,18,19,21). The topological polar surface area (TPSA) is 70.6 Å². The number of amides is 2. The van der Waals surface area contributed by atoms with Crippen LogP contribution in [0.4, 0.5) is 23.7 Å². The van der Waals surface area contributed by atoms with Gasteiger partial charge in [0, 0.05) is 11.8 Å². The number of aliphatic hydroxyl groups is 1. The maximum absolute atomic E-state index is 13.5. The van der Waals surface area contributed by atoms with E-state index in [0.29, 0.717) is 12.8 Å². The Balaban J connectivity index is 1.92. The molecule has 3 N–H and O–H groups in total. The van der Waals surface area contributed by atoms with Gasteiger partial charge in [-0.2, -0.15) is 8.78 Å². The highest BCUT2D eigenvalue weighted by Gasteiger charge is 2.24. The average Bonchev–Trinajstić information content (AvgIpc) is 2.44. The van der Waals surface area contributed by atoms with Crippen LogP contribution in [0.3, 0.4) is 0 Å². The molecule has 2 rings (SSSR count). The molecule has 0 aromatic heterocycles. The molecule has 2 amide bonds. The zero-order valence-electron chi connectivity index (χ0n) is 11.7. The van der Waals surface area contributed by atoms with Crippen molar-refractivity contribution in [1.82, 2.24) is 5.32 Å². The fourth-order valence-corrected chi connectivity index (χ4v) is 2.39. The molecule has 1 saturated carbocycles. The van der Waals surface area contributed by atoms with Gasteiger partial charge in [0.05, 0.1) is 12.1 Å². The summed E-state index contributed by atoms with van der Waals surface area (Å²) in [5, 5.41) is 14.8. The van der Waals surface area contributed by atoms with Gasteiger partial charge in [-0.3, -0.25) is 0 Å². The molecule has 1 aliphatic rings. The molecule has 0 aliphatic heterocycles. The van der Waals surface area contributed by atoms with Crippen molar-refractivity contribution < 1.29 is 27.8 Å². The van der Waals surface area contributed by atoms with Crippen molar-refractivity contribution in [1.29, 1.82) is 0 Å². The van der Waals surface area contributed by atoms with Crippen molar-refractivity contribution in [3.63, 3.8) is 0 Å². The van der Waals surface area contributed by atoms with Gasteiger partial charge in [0.15, 0.2) is 11.6 Å². The highest BCUT2D eigenvalue weighted by atomic mass is 19.3. The van der Waals surface area contributed by atoms with Gasteiger partial charge in [0.25, 0.3) is 0 Å². The quantitative estimate of drug-likeness (QED) is 0.799. The number of alkyl halides is 2. The molecule has 1 aromatic rings. The van der Waals surface area contributed by atoms with E-state index < -0.39 is 30.3 Å². The third-order valence-corrected chi connectivity index (χ3v) is 3.45. The van der Waals surface area contributed by atoms with Gasteiger partial charge in [-0.05, 0) is 25.0 Å². The van der Waals surface area contributed by atoms with Crippen LogP contribution in [0.2, 0.25) is 0 Å². The number of rotatable bonds is 4. The zero-order valence-corrected chi connectivity index (χ0v) is 11.7. The first-order valence-corrected chi connectivity index (χ1v) is 6.95. The van der Waals surface area contributed by atoms with Gasteiger partial charge in [-0.1, -0.05) is 12.8 Å².